The summed E-state index contributed by atoms with van der Waals surface area (Å²) in [5.74, 6) is 1.70. The lowest BCUT2D eigenvalue weighted by Gasteiger charge is -2.28. The first kappa shape index (κ1) is 30.3. The molecule has 0 amide bonds. The van der Waals surface area contributed by atoms with Gasteiger partial charge in [-0.3, -0.25) is 15.0 Å². The van der Waals surface area contributed by atoms with Gasteiger partial charge in [-0.25, -0.2) is 0 Å². The highest BCUT2D eigenvalue weighted by Gasteiger charge is 2.34. The number of pyridine rings is 3. The molecule has 0 aliphatic carbocycles. The van der Waals surface area contributed by atoms with Crippen molar-refractivity contribution in [3.8, 4) is 17.2 Å². The molecule has 0 radical (unpaired) electrons. The molecule has 0 N–H and O–H groups in total. The highest BCUT2D eigenvalue weighted by molar-refractivity contribution is 9.11. The second-order valence-corrected chi connectivity index (χ2v) is 15.2. The lowest BCUT2D eigenvalue weighted by molar-refractivity contribution is 0.364. The maximum Gasteiger partial charge on any atom is 0.530 e. The quantitative estimate of drug-likeness (QED) is 0.237. The molecule has 0 unspecified atom stereocenters. The van der Waals surface area contributed by atoms with Crippen molar-refractivity contribution in [2.75, 3.05) is 0 Å². The van der Waals surface area contributed by atoms with E-state index in [9.17, 15) is 0 Å². The second kappa shape index (κ2) is 11.4. The average molecular weight is 718 g/mol. The summed E-state index contributed by atoms with van der Waals surface area (Å²) in [4.78, 5) is 13.9. The molecule has 0 aromatic carbocycles. The molecule has 0 spiro atoms. The van der Waals surface area contributed by atoms with Crippen LogP contribution < -0.4 is 13.6 Å². The minimum Gasteiger partial charge on any atom is -0.405 e. The maximum atomic E-state index is 6.57. The number of halogens is 3. The summed E-state index contributed by atoms with van der Waals surface area (Å²) in [7, 11) is -2.04. The van der Waals surface area contributed by atoms with Gasteiger partial charge >= 0.3 is 8.60 Å². The Morgan fingerprint density at radius 2 is 0.757 bits per heavy atom. The van der Waals surface area contributed by atoms with Crippen LogP contribution in [0.15, 0.2) is 50.2 Å². The number of aromatic nitrogens is 3. The molecule has 3 heterocycles. The predicted octanol–water partition coefficient (Wildman–Crippen LogP) is 9.82. The van der Waals surface area contributed by atoms with Gasteiger partial charge in [0.2, 0.25) is 0 Å². The van der Waals surface area contributed by atoms with Crippen LogP contribution in [0.1, 0.15) is 79.4 Å². The highest BCUT2D eigenvalue weighted by Crippen LogP contribution is 2.52. The number of hydrogen-bond donors (Lipinski definition) is 0. The van der Waals surface area contributed by atoms with Gasteiger partial charge in [0.05, 0.1) is 30.5 Å². The number of hydrogen-bond acceptors (Lipinski definition) is 6. The zero-order chi connectivity index (χ0) is 27.8. The molecular formula is C27H33Br3N3O3P. The molecule has 200 valence electrons. The molecule has 0 saturated heterocycles. The summed E-state index contributed by atoms with van der Waals surface area (Å²) >= 11 is 11.0. The van der Waals surface area contributed by atoms with E-state index in [1.54, 1.807) is 18.6 Å². The summed E-state index contributed by atoms with van der Waals surface area (Å²) in [6.45, 7) is 18.8. The van der Waals surface area contributed by atoms with Crippen molar-refractivity contribution in [1.29, 1.82) is 0 Å². The third-order valence-corrected chi connectivity index (χ3v) is 8.07. The Morgan fingerprint density at radius 3 is 0.973 bits per heavy atom. The van der Waals surface area contributed by atoms with Crippen LogP contribution in [0.2, 0.25) is 0 Å². The fourth-order valence-corrected chi connectivity index (χ4v) is 6.07. The van der Waals surface area contributed by atoms with Crippen molar-refractivity contribution in [1.82, 2.24) is 15.0 Å². The molecule has 3 aromatic heterocycles. The van der Waals surface area contributed by atoms with Crippen LogP contribution in [0.25, 0.3) is 0 Å². The third-order valence-electron chi connectivity index (χ3n) is 5.20. The van der Waals surface area contributed by atoms with Gasteiger partial charge in [0, 0.05) is 34.8 Å². The van der Waals surface area contributed by atoms with Gasteiger partial charge in [-0.1, -0.05) is 62.3 Å². The standard InChI is InChI=1S/C27H33Br3N3O3P/c1-25(2,3)22-19(16(28)10-13-31-22)34-37(35-20-17(29)11-14-32-23(20)26(4,5)6)36-21-18(30)12-15-33-24(21)27(7,8)9/h10-15H,1-9H3. The fraction of sp³-hybridized carbons (Fsp3) is 0.444. The zero-order valence-electron chi connectivity index (χ0n) is 22.6. The summed E-state index contributed by atoms with van der Waals surface area (Å²) < 4.78 is 22.0. The minimum atomic E-state index is -2.04. The van der Waals surface area contributed by atoms with E-state index in [4.69, 9.17) is 13.6 Å². The van der Waals surface area contributed by atoms with Crippen LogP contribution in [-0.4, -0.2) is 15.0 Å². The van der Waals surface area contributed by atoms with Crippen LogP contribution in [0.3, 0.4) is 0 Å². The first-order chi connectivity index (χ1) is 17.0. The van der Waals surface area contributed by atoms with Crippen LogP contribution in [-0.2, 0) is 16.2 Å². The van der Waals surface area contributed by atoms with Crippen LogP contribution in [0.5, 0.6) is 17.2 Å². The van der Waals surface area contributed by atoms with E-state index in [0.29, 0.717) is 17.2 Å². The third kappa shape index (κ3) is 7.43. The van der Waals surface area contributed by atoms with Crippen molar-refractivity contribution < 1.29 is 13.6 Å². The first-order valence-electron chi connectivity index (χ1n) is 11.8. The molecule has 6 nitrogen and oxygen atoms in total. The smallest absolute Gasteiger partial charge is 0.405 e. The van der Waals surface area contributed by atoms with Crippen LogP contribution in [0.4, 0.5) is 0 Å². The molecule has 10 heteroatoms. The summed E-state index contributed by atoms with van der Waals surface area (Å²) in [5.41, 5.74) is 1.50. The lowest BCUT2D eigenvalue weighted by atomic mass is 9.91. The number of rotatable bonds is 6. The molecular weight excluding hydrogens is 685 g/mol. The lowest BCUT2D eigenvalue weighted by Crippen LogP contribution is -2.19. The molecule has 0 atom stereocenters. The van der Waals surface area contributed by atoms with Gasteiger partial charge in [-0.05, 0) is 66.0 Å². The topological polar surface area (TPSA) is 66.4 Å². The fourth-order valence-electron chi connectivity index (χ4n) is 3.42. The summed E-state index contributed by atoms with van der Waals surface area (Å²) in [6, 6.07) is 5.54. The van der Waals surface area contributed by atoms with Gasteiger partial charge in [0.1, 0.15) is 0 Å². The predicted molar refractivity (Wildman–Crippen MR) is 161 cm³/mol. The molecule has 0 bridgehead atoms. The Labute approximate surface area is 246 Å². The normalized spacial score (nSPS) is 12.6. The van der Waals surface area contributed by atoms with Gasteiger partial charge in [-0.2, -0.15) is 0 Å². The SMILES string of the molecule is CC(C)(C)c1nccc(Br)c1OP(Oc1c(Br)ccnc1C(C)(C)C)Oc1c(Br)ccnc1C(C)(C)C. The van der Waals surface area contributed by atoms with Crippen molar-refractivity contribution in [2.45, 2.75) is 78.6 Å². The highest BCUT2D eigenvalue weighted by atomic mass is 79.9. The molecule has 37 heavy (non-hydrogen) atoms. The molecule has 0 aliphatic heterocycles. The van der Waals surface area contributed by atoms with E-state index in [1.165, 1.54) is 0 Å². The Balaban J connectivity index is 2.18. The molecule has 0 fully saturated rings. The summed E-state index contributed by atoms with van der Waals surface area (Å²) in [5, 5.41) is 0. The van der Waals surface area contributed by atoms with Crippen LogP contribution >= 0.6 is 56.4 Å². The zero-order valence-corrected chi connectivity index (χ0v) is 28.3. The second-order valence-electron chi connectivity index (χ2n) is 11.7. The largest absolute Gasteiger partial charge is 0.530 e. The summed E-state index contributed by atoms with van der Waals surface area (Å²) in [6.07, 6.45) is 5.27. The van der Waals surface area contributed by atoms with E-state index < -0.39 is 8.60 Å². The Bertz CT molecular complexity index is 1110. The van der Waals surface area contributed by atoms with Crippen molar-refractivity contribution >= 4 is 56.4 Å². The monoisotopic (exact) mass is 715 g/mol. The van der Waals surface area contributed by atoms with Crippen molar-refractivity contribution in [2.24, 2.45) is 0 Å². The Hall–Kier alpha value is -1.28. The van der Waals surface area contributed by atoms with E-state index in [2.05, 4.69) is 125 Å². The van der Waals surface area contributed by atoms with Crippen molar-refractivity contribution in [3.05, 3.63) is 67.3 Å². The first-order valence-corrected chi connectivity index (χ1v) is 15.3. The van der Waals surface area contributed by atoms with Gasteiger partial charge in [0.15, 0.2) is 17.2 Å². The molecule has 3 rings (SSSR count). The van der Waals surface area contributed by atoms with E-state index >= 15 is 0 Å². The van der Waals surface area contributed by atoms with E-state index in [0.717, 1.165) is 30.5 Å². The Kier molecular flexibility index (Phi) is 9.37. The molecule has 3 aromatic rings. The number of nitrogens with zero attached hydrogens (tertiary/aromatic N) is 3. The average Bonchev–Trinajstić information content (AvgIpc) is 2.75. The van der Waals surface area contributed by atoms with Gasteiger partial charge in [-0.15, -0.1) is 0 Å². The minimum absolute atomic E-state index is 0.281. The van der Waals surface area contributed by atoms with Gasteiger partial charge < -0.3 is 13.6 Å². The van der Waals surface area contributed by atoms with E-state index in [-0.39, 0.29) is 16.2 Å². The maximum absolute atomic E-state index is 6.57. The van der Waals surface area contributed by atoms with Crippen LogP contribution in [0, 0.1) is 0 Å². The van der Waals surface area contributed by atoms with Gasteiger partial charge in [0.25, 0.3) is 0 Å². The van der Waals surface area contributed by atoms with E-state index in [1.807, 2.05) is 18.2 Å². The molecule has 0 aliphatic rings. The van der Waals surface area contributed by atoms with Crippen molar-refractivity contribution in [3.63, 3.8) is 0 Å². The molecule has 0 saturated carbocycles. The Morgan fingerprint density at radius 1 is 0.514 bits per heavy atom.